The van der Waals surface area contributed by atoms with Crippen molar-refractivity contribution >= 4 is 40.0 Å². The van der Waals surface area contributed by atoms with Gasteiger partial charge in [0.05, 0.1) is 20.0 Å². The Morgan fingerprint density at radius 2 is 1.74 bits per heavy atom. The summed E-state index contributed by atoms with van der Waals surface area (Å²) in [5.74, 6) is 1.42. The van der Waals surface area contributed by atoms with E-state index in [4.69, 9.17) is 14.2 Å². The zero-order valence-electron chi connectivity index (χ0n) is 22.4. The van der Waals surface area contributed by atoms with Crippen LogP contribution in [-0.2, 0) is 16.1 Å². The largest absolute Gasteiger partial charge is 0.497 e. The van der Waals surface area contributed by atoms with Gasteiger partial charge in [-0.2, -0.15) is 0 Å². The number of nitrogens with one attached hydrogen (secondary N) is 1. The van der Waals surface area contributed by atoms with Crippen LogP contribution < -0.4 is 14.8 Å². The van der Waals surface area contributed by atoms with Gasteiger partial charge in [0, 0.05) is 17.0 Å². The van der Waals surface area contributed by atoms with Crippen LogP contribution in [0.4, 0.5) is 5.00 Å². The van der Waals surface area contributed by atoms with Gasteiger partial charge in [0.2, 0.25) is 5.91 Å². The van der Waals surface area contributed by atoms with Gasteiger partial charge in [0.25, 0.3) is 0 Å². The number of rotatable bonds is 11. The third-order valence-electron chi connectivity index (χ3n) is 5.92. The van der Waals surface area contributed by atoms with E-state index in [0.29, 0.717) is 33.8 Å². The van der Waals surface area contributed by atoms with Crippen LogP contribution in [0, 0.1) is 6.92 Å². The second-order valence-electron chi connectivity index (χ2n) is 8.45. The van der Waals surface area contributed by atoms with E-state index in [-0.39, 0.29) is 17.8 Å². The molecule has 4 rings (SSSR count). The van der Waals surface area contributed by atoms with Gasteiger partial charge >= 0.3 is 5.97 Å². The van der Waals surface area contributed by atoms with Crippen LogP contribution >= 0.6 is 23.1 Å². The molecule has 9 nitrogen and oxygen atoms in total. The van der Waals surface area contributed by atoms with E-state index in [0.717, 1.165) is 21.8 Å². The van der Waals surface area contributed by atoms with E-state index in [1.165, 1.54) is 30.2 Å². The lowest BCUT2D eigenvalue weighted by Crippen LogP contribution is -2.17. The third-order valence-corrected chi connectivity index (χ3v) is 7.91. The van der Waals surface area contributed by atoms with Crippen molar-refractivity contribution in [2.45, 2.75) is 38.6 Å². The number of aromatic nitrogens is 3. The Balaban J connectivity index is 1.46. The Bertz CT molecular complexity index is 1430. The lowest BCUT2D eigenvalue weighted by molar-refractivity contribution is -0.113. The van der Waals surface area contributed by atoms with Crippen LogP contribution in [0.25, 0.3) is 11.1 Å². The molecule has 0 saturated carbocycles. The molecule has 2 heterocycles. The monoisotopic (exact) mass is 566 g/mol. The number of amides is 1. The minimum atomic E-state index is -0.498. The van der Waals surface area contributed by atoms with E-state index in [1.54, 1.807) is 7.11 Å². The zero-order chi connectivity index (χ0) is 27.9. The van der Waals surface area contributed by atoms with Gasteiger partial charge < -0.3 is 24.1 Å². The van der Waals surface area contributed by atoms with E-state index >= 15 is 0 Å². The van der Waals surface area contributed by atoms with Gasteiger partial charge in [-0.1, -0.05) is 42.1 Å². The van der Waals surface area contributed by atoms with Crippen molar-refractivity contribution < 1.29 is 23.8 Å². The van der Waals surface area contributed by atoms with Gasteiger partial charge in [0.1, 0.15) is 22.1 Å². The molecule has 2 aromatic heterocycles. The van der Waals surface area contributed by atoms with E-state index in [2.05, 4.69) is 15.5 Å². The maximum atomic E-state index is 13.0. The molecule has 0 bridgehead atoms. The van der Waals surface area contributed by atoms with Crippen molar-refractivity contribution in [1.82, 2.24) is 14.8 Å². The first-order valence-electron chi connectivity index (χ1n) is 12.3. The van der Waals surface area contributed by atoms with Crippen molar-refractivity contribution in [3.63, 3.8) is 0 Å². The summed E-state index contributed by atoms with van der Waals surface area (Å²) < 4.78 is 18.2. The summed E-state index contributed by atoms with van der Waals surface area (Å²) in [7, 11) is 2.95. The number of methoxy groups -OCH3 is 2. The Morgan fingerprint density at radius 3 is 2.38 bits per heavy atom. The second kappa shape index (κ2) is 12.8. The number of hydrogen-bond donors (Lipinski definition) is 1. The summed E-state index contributed by atoms with van der Waals surface area (Å²) in [4.78, 5) is 26.6. The number of ether oxygens (including phenoxy) is 3. The molecule has 2 aromatic carbocycles. The standard InChI is InChI=1S/C28H30N4O5S2/c1-6-32-25(17(2)37-21-14-12-20(35-4)13-15-21)30-31-28(32)38-16-22(33)29-26-24(27(34)36-5)23(18(3)39-26)19-10-8-7-9-11-19/h7-15,17H,6,16H2,1-5H3,(H,29,33). The van der Waals surface area contributed by atoms with E-state index < -0.39 is 5.97 Å². The van der Waals surface area contributed by atoms with Gasteiger partial charge in [0.15, 0.2) is 17.1 Å². The average molecular weight is 567 g/mol. The summed E-state index contributed by atoms with van der Waals surface area (Å²) >= 11 is 2.62. The fourth-order valence-electron chi connectivity index (χ4n) is 4.09. The lowest BCUT2D eigenvalue weighted by Gasteiger charge is -2.15. The van der Waals surface area contributed by atoms with Gasteiger partial charge in [-0.15, -0.1) is 21.5 Å². The summed E-state index contributed by atoms with van der Waals surface area (Å²) in [6.07, 6.45) is -0.359. The fraction of sp³-hybridized carbons (Fsp3) is 0.286. The van der Waals surface area contributed by atoms with Gasteiger partial charge in [-0.05, 0) is 50.6 Å². The maximum Gasteiger partial charge on any atom is 0.341 e. The highest BCUT2D eigenvalue weighted by Gasteiger charge is 2.25. The highest BCUT2D eigenvalue weighted by molar-refractivity contribution is 7.99. The Morgan fingerprint density at radius 1 is 1.05 bits per heavy atom. The van der Waals surface area contributed by atoms with Crippen LogP contribution in [0.5, 0.6) is 11.5 Å². The molecule has 0 aliphatic carbocycles. The predicted octanol–water partition coefficient (Wildman–Crippen LogP) is 6.00. The first-order chi connectivity index (χ1) is 18.9. The number of hydrogen-bond acceptors (Lipinski definition) is 9. The molecule has 0 aliphatic heterocycles. The summed E-state index contributed by atoms with van der Waals surface area (Å²) in [6, 6.07) is 16.9. The Labute approximate surface area is 235 Å². The molecule has 204 valence electrons. The van der Waals surface area contributed by atoms with Crippen molar-refractivity contribution in [3.05, 3.63) is 70.9 Å². The zero-order valence-corrected chi connectivity index (χ0v) is 24.0. The first kappa shape index (κ1) is 28.2. The molecule has 1 amide bonds. The van der Waals surface area contributed by atoms with Crippen LogP contribution in [0.1, 0.15) is 41.0 Å². The molecule has 1 N–H and O–H groups in total. The molecule has 0 spiro atoms. The van der Waals surface area contributed by atoms with Crippen LogP contribution in [0.2, 0.25) is 0 Å². The second-order valence-corrected chi connectivity index (χ2v) is 10.6. The maximum absolute atomic E-state index is 13.0. The number of carbonyl (C=O) groups excluding carboxylic acids is 2. The first-order valence-corrected chi connectivity index (χ1v) is 14.1. The average Bonchev–Trinajstić information content (AvgIpc) is 3.52. The normalized spacial score (nSPS) is 11.6. The SMILES string of the molecule is CCn1c(SCC(=O)Nc2sc(C)c(-c3ccccc3)c2C(=O)OC)nnc1C(C)Oc1ccc(OC)cc1. The Hall–Kier alpha value is -3.83. The topological polar surface area (TPSA) is 105 Å². The van der Waals surface area contributed by atoms with Crippen LogP contribution in [0.3, 0.4) is 0 Å². The summed E-state index contributed by atoms with van der Waals surface area (Å²) in [5.41, 5.74) is 2.00. The number of aryl methyl sites for hydroxylation is 1. The molecule has 0 saturated heterocycles. The fourth-order valence-corrected chi connectivity index (χ4v) is 5.98. The molecule has 39 heavy (non-hydrogen) atoms. The Kier molecular flexibility index (Phi) is 9.26. The van der Waals surface area contributed by atoms with Crippen molar-refractivity contribution in [3.8, 4) is 22.6 Å². The summed E-state index contributed by atoms with van der Waals surface area (Å²) in [5, 5.41) is 12.6. The van der Waals surface area contributed by atoms with E-state index in [1.807, 2.05) is 79.9 Å². The molecule has 0 fully saturated rings. The van der Waals surface area contributed by atoms with Crippen molar-refractivity contribution in [2.75, 3.05) is 25.3 Å². The molecule has 11 heteroatoms. The van der Waals surface area contributed by atoms with Crippen LogP contribution in [0.15, 0.2) is 59.8 Å². The van der Waals surface area contributed by atoms with E-state index in [9.17, 15) is 9.59 Å². The van der Waals surface area contributed by atoms with Crippen molar-refractivity contribution in [1.29, 1.82) is 0 Å². The minimum Gasteiger partial charge on any atom is -0.497 e. The minimum absolute atomic E-state index is 0.0874. The lowest BCUT2D eigenvalue weighted by atomic mass is 10.0. The predicted molar refractivity (Wildman–Crippen MR) is 153 cm³/mol. The molecular formula is C28H30N4O5S2. The number of nitrogens with zero attached hydrogens (tertiary/aromatic N) is 3. The molecule has 1 unspecified atom stereocenters. The molecular weight excluding hydrogens is 536 g/mol. The van der Waals surface area contributed by atoms with Crippen LogP contribution in [-0.4, -0.2) is 46.6 Å². The highest BCUT2D eigenvalue weighted by Crippen LogP contribution is 2.40. The van der Waals surface area contributed by atoms with Gasteiger partial charge in [-0.25, -0.2) is 4.79 Å². The number of carbonyl (C=O) groups is 2. The van der Waals surface area contributed by atoms with Crippen molar-refractivity contribution in [2.24, 2.45) is 0 Å². The summed E-state index contributed by atoms with van der Waals surface area (Å²) in [6.45, 7) is 6.42. The third kappa shape index (κ3) is 6.43. The number of esters is 1. The number of thiophene rings is 1. The van der Waals surface area contributed by atoms with Gasteiger partial charge in [-0.3, -0.25) is 4.79 Å². The number of benzene rings is 2. The highest BCUT2D eigenvalue weighted by atomic mass is 32.2. The number of anilines is 1. The molecule has 0 radical (unpaired) electrons. The quantitative estimate of drug-likeness (QED) is 0.174. The number of thioether (sulfide) groups is 1. The molecule has 4 aromatic rings. The smallest absolute Gasteiger partial charge is 0.341 e. The molecule has 0 aliphatic rings. The molecule has 1 atom stereocenters.